The molecule has 0 atom stereocenters. The summed E-state index contributed by atoms with van der Waals surface area (Å²) in [4.78, 5) is 12.8. The van der Waals surface area contributed by atoms with Crippen LogP contribution in [0.3, 0.4) is 0 Å². The highest BCUT2D eigenvalue weighted by Gasteiger charge is 2.08. The Morgan fingerprint density at radius 3 is 2.93 bits per heavy atom. The van der Waals surface area contributed by atoms with Crippen LogP contribution in [-0.2, 0) is 6.42 Å². The summed E-state index contributed by atoms with van der Waals surface area (Å²) in [6.45, 7) is 0. The second-order valence-electron chi connectivity index (χ2n) is 2.98. The quantitative estimate of drug-likeness (QED) is 0.719. The van der Waals surface area contributed by atoms with Crippen molar-refractivity contribution in [2.45, 2.75) is 12.8 Å². The van der Waals surface area contributed by atoms with Crippen LogP contribution < -0.4 is 0 Å². The molecule has 14 heavy (non-hydrogen) atoms. The number of furan rings is 1. The topological polar surface area (TPSA) is 30.2 Å². The van der Waals surface area contributed by atoms with Gasteiger partial charge in [0, 0.05) is 11.3 Å². The predicted octanol–water partition coefficient (Wildman–Crippen LogP) is 3.16. The number of carbonyl (C=O) groups is 1. The third-order valence-electron chi connectivity index (χ3n) is 1.97. The van der Waals surface area contributed by atoms with E-state index in [1.807, 2.05) is 17.5 Å². The minimum atomic E-state index is 0.0726. The normalized spacial score (nSPS) is 10.3. The Balaban J connectivity index is 1.90. The van der Waals surface area contributed by atoms with Crippen LogP contribution in [-0.4, -0.2) is 5.78 Å². The third-order valence-corrected chi connectivity index (χ3v) is 2.91. The van der Waals surface area contributed by atoms with E-state index in [1.165, 1.54) is 11.1 Å². The highest BCUT2D eigenvalue weighted by atomic mass is 32.1. The molecule has 0 fully saturated rings. The average molecular weight is 206 g/mol. The summed E-state index contributed by atoms with van der Waals surface area (Å²) in [5.74, 6) is 0.532. The predicted molar refractivity (Wildman–Crippen MR) is 55.7 cm³/mol. The first kappa shape index (κ1) is 9.21. The molecule has 72 valence electrons. The molecule has 0 aliphatic carbocycles. The minimum absolute atomic E-state index is 0.0726. The number of aryl methyl sites for hydroxylation is 1. The van der Waals surface area contributed by atoms with Gasteiger partial charge in [0.1, 0.15) is 0 Å². The van der Waals surface area contributed by atoms with Gasteiger partial charge in [-0.2, -0.15) is 0 Å². The summed E-state index contributed by atoms with van der Waals surface area (Å²) in [6.07, 6.45) is 2.85. The highest BCUT2D eigenvalue weighted by Crippen LogP contribution is 2.13. The lowest BCUT2D eigenvalue weighted by Crippen LogP contribution is -1.98. The number of ketones is 1. The van der Waals surface area contributed by atoms with Crippen molar-refractivity contribution in [2.75, 3.05) is 0 Å². The Kier molecular flexibility index (Phi) is 2.79. The standard InChI is InChI=1S/C11H10O2S/c12-10(11-4-1-7-13-11)6-5-9-3-2-8-14-9/h1-4,7-8H,5-6H2. The maximum Gasteiger partial charge on any atom is 0.198 e. The van der Waals surface area contributed by atoms with Gasteiger partial charge in [0.15, 0.2) is 11.5 Å². The molecule has 2 aromatic rings. The minimum Gasteiger partial charge on any atom is -0.461 e. The largest absolute Gasteiger partial charge is 0.461 e. The van der Waals surface area contributed by atoms with E-state index in [4.69, 9.17) is 4.42 Å². The van der Waals surface area contributed by atoms with Gasteiger partial charge in [0.05, 0.1) is 6.26 Å². The Bertz CT molecular complexity index is 387. The Morgan fingerprint density at radius 1 is 1.36 bits per heavy atom. The van der Waals surface area contributed by atoms with Gasteiger partial charge in [-0.25, -0.2) is 0 Å². The number of Topliss-reactive ketones (excluding diaryl/α,β-unsaturated/α-hetero) is 1. The monoisotopic (exact) mass is 206 g/mol. The lowest BCUT2D eigenvalue weighted by molar-refractivity contribution is 0.0956. The maximum atomic E-state index is 11.5. The molecule has 2 rings (SSSR count). The number of hydrogen-bond donors (Lipinski definition) is 0. The highest BCUT2D eigenvalue weighted by molar-refractivity contribution is 7.09. The molecule has 0 saturated heterocycles. The van der Waals surface area contributed by atoms with Crippen LogP contribution in [0, 0.1) is 0 Å². The summed E-state index contributed by atoms with van der Waals surface area (Å²) in [5.41, 5.74) is 0. The van der Waals surface area contributed by atoms with Gasteiger partial charge in [-0.1, -0.05) is 6.07 Å². The summed E-state index contributed by atoms with van der Waals surface area (Å²) < 4.78 is 5.02. The Labute approximate surface area is 86.2 Å². The summed E-state index contributed by atoms with van der Waals surface area (Å²) in [5, 5.41) is 2.02. The van der Waals surface area contributed by atoms with Crippen LogP contribution in [0.5, 0.6) is 0 Å². The molecule has 0 unspecified atom stereocenters. The number of thiophene rings is 1. The molecule has 0 saturated carbocycles. The second kappa shape index (κ2) is 4.24. The first-order valence-corrected chi connectivity index (χ1v) is 5.33. The second-order valence-corrected chi connectivity index (χ2v) is 4.01. The van der Waals surface area contributed by atoms with Gasteiger partial charge in [0.25, 0.3) is 0 Å². The lowest BCUT2D eigenvalue weighted by atomic mass is 10.1. The Hall–Kier alpha value is -1.35. The zero-order chi connectivity index (χ0) is 9.80. The fourth-order valence-corrected chi connectivity index (χ4v) is 1.96. The zero-order valence-corrected chi connectivity index (χ0v) is 8.42. The van der Waals surface area contributed by atoms with E-state index in [2.05, 4.69) is 0 Å². The summed E-state index contributed by atoms with van der Waals surface area (Å²) in [7, 11) is 0. The summed E-state index contributed by atoms with van der Waals surface area (Å²) in [6, 6.07) is 7.48. The van der Waals surface area contributed by atoms with E-state index in [1.54, 1.807) is 23.5 Å². The molecule has 0 spiro atoms. The zero-order valence-electron chi connectivity index (χ0n) is 7.60. The van der Waals surface area contributed by atoms with E-state index in [9.17, 15) is 4.79 Å². The van der Waals surface area contributed by atoms with Gasteiger partial charge in [-0.3, -0.25) is 4.79 Å². The molecular weight excluding hydrogens is 196 g/mol. The molecule has 2 aromatic heterocycles. The summed E-state index contributed by atoms with van der Waals surface area (Å²) >= 11 is 1.68. The number of rotatable bonds is 4. The van der Waals surface area contributed by atoms with Gasteiger partial charge >= 0.3 is 0 Å². The van der Waals surface area contributed by atoms with Crippen LogP contribution in [0.25, 0.3) is 0 Å². The first-order chi connectivity index (χ1) is 6.86. The van der Waals surface area contributed by atoms with Crippen molar-refractivity contribution in [3.63, 3.8) is 0 Å². The van der Waals surface area contributed by atoms with Crippen LogP contribution in [0.4, 0.5) is 0 Å². The van der Waals surface area contributed by atoms with Crippen LogP contribution >= 0.6 is 11.3 Å². The fourth-order valence-electron chi connectivity index (χ4n) is 1.25. The number of carbonyl (C=O) groups excluding carboxylic acids is 1. The van der Waals surface area contributed by atoms with Crippen molar-refractivity contribution in [2.24, 2.45) is 0 Å². The smallest absolute Gasteiger partial charge is 0.198 e. The van der Waals surface area contributed by atoms with Crippen LogP contribution in [0.2, 0.25) is 0 Å². The van der Waals surface area contributed by atoms with Crippen molar-refractivity contribution in [1.29, 1.82) is 0 Å². The molecule has 0 N–H and O–H groups in total. The third kappa shape index (κ3) is 2.12. The van der Waals surface area contributed by atoms with E-state index >= 15 is 0 Å². The first-order valence-electron chi connectivity index (χ1n) is 4.45. The molecule has 0 aliphatic heterocycles. The van der Waals surface area contributed by atoms with E-state index in [-0.39, 0.29) is 5.78 Å². The van der Waals surface area contributed by atoms with Gasteiger partial charge < -0.3 is 4.42 Å². The van der Waals surface area contributed by atoms with Gasteiger partial charge in [-0.05, 0) is 30.0 Å². The van der Waals surface area contributed by atoms with Crippen LogP contribution in [0.15, 0.2) is 40.3 Å². The van der Waals surface area contributed by atoms with Crippen LogP contribution in [0.1, 0.15) is 21.9 Å². The van der Waals surface area contributed by atoms with Crippen molar-refractivity contribution in [3.8, 4) is 0 Å². The average Bonchev–Trinajstić information content (AvgIpc) is 2.87. The molecule has 0 radical (unpaired) electrons. The molecule has 0 aromatic carbocycles. The lowest BCUT2D eigenvalue weighted by Gasteiger charge is -1.94. The Morgan fingerprint density at radius 2 is 2.29 bits per heavy atom. The molecule has 3 heteroatoms. The molecule has 2 heterocycles. The van der Waals surface area contributed by atoms with E-state index < -0.39 is 0 Å². The molecular formula is C11H10O2S. The maximum absolute atomic E-state index is 11.5. The molecule has 0 amide bonds. The molecule has 0 bridgehead atoms. The van der Waals surface area contributed by atoms with Crippen molar-refractivity contribution in [1.82, 2.24) is 0 Å². The fraction of sp³-hybridized carbons (Fsp3) is 0.182. The van der Waals surface area contributed by atoms with Crippen molar-refractivity contribution >= 4 is 17.1 Å². The van der Waals surface area contributed by atoms with Crippen molar-refractivity contribution < 1.29 is 9.21 Å². The SMILES string of the molecule is O=C(CCc1cccs1)c1ccco1. The van der Waals surface area contributed by atoms with Gasteiger partial charge in [0.2, 0.25) is 0 Å². The van der Waals surface area contributed by atoms with Gasteiger partial charge in [-0.15, -0.1) is 11.3 Å². The molecule has 0 aliphatic rings. The molecule has 2 nitrogen and oxygen atoms in total. The van der Waals surface area contributed by atoms with Crippen molar-refractivity contribution in [3.05, 3.63) is 46.5 Å². The van der Waals surface area contributed by atoms with E-state index in [0.29, 0.717) is 12.2 Å². The van der Waals surface area contributed by atoms with E-state index in [0.717, 1.165) is 6.42 Å². The number of hydrogen-bond acceptors (Lipinski definition) is 3.